The lowest BCUT2D eigenvalue weighted by Crippen LogP contribution is -2.56. The van der Waals surface area contributed by atoms with Gasteiger partial charge in [-0.2, -0.15) is 5.26 Å². The van der Waals surface area contributed by atoms with E-state index in [4.69, 9.17) is 17.5 Å². The normalized spacial score (nSPS) is 36.0. The summed E-state index contributed by atoms with van der Waals surface area (Å²) in [5, 5.41) is 11.6. The summed E-state index contributed by atoms with van der Waals surface area (Å²) in [5.74, 6) is 2.34. The largest absolute Gasteiger partial charge is 0.302 e. The zero-order valence-electron chi connectivity index (χ0n) is 12.2. The number of rotatable bonds is 4. The van der Waals surface area contributed by atoms with E-state index in [2.05, 4.69) is 16.2 Å². The predicted molar refractivity (Wildman–Crippen MR) is 82.7 cm³/mol. The van der Waals surface area contributed by atoms with Gasteiger partial charge in [-0.15, -0.1) is 0 Å². The van der Waals surface area contributed by atoms with E-state index in [1.165, 1.54) is 19.3 Å². The number of thiocarbonyl (C=S) groups is 1. The van der Waals surface area contributed by atoms with E-state index < -0.39 is 0 Å². The van der Waals surface area contributed by atoms with E-state index in [-0.39, 0.29) is 11.3 Å². The van der Waals surface area contributed by atoms with Crippen molar-refractivity contribution in [3.63, 3.8) is 0 Å². The Morgan fingerprint density at radius 2 is 1.76 bits per heavy atom. The second-order valence-corrected chi connectivity index (χ2v) is 7.35. The molecule has 0 heterocycles. The van der Waals surface area contributed by atoms with Crippen molar-refractivity contribution in [1.29, 1.82) is 5.26 Å². The Labute approximate surface area is 130 Å². The van der Waals surface area contributed by atoms with Crippen LogP contribution >= 0.6 is 12.2 Å². The van der Waals surface area contributed by atoms with Crippen LogP contribution in [0.15, 0.2) is 0 Å². The fourth-order valence-corrected chi connectivity index (χ4v) is 5.08. The Kier molecular flexibility index (Phi) is 4.14. The molecule has 0 saturated heterocycles. The molecule has 0 atom stereocenters. The van der Waals surface area contributed by atoms with Crippen molar-refractivity contribution in [2.75, 3.05) is 6.54 Å². The highest BCUT2D eigenvalue weighted by Crippen LogP contribution is 2.60. The Hall–Kier alpha value is -1.19. The van der Waals surface area contributed by atoms with Crippen LogP contribution in [0, 0.1) is 34.5 Å². The molecule has 0 aliphatic heterocycles. The van der Waals surface area contributed by atoms with E-state index in [1.54, 1.807) is 0 Å². The van der Waals surface area contributed by atoms with Crippen molar-refractivity contribution in [2.24, 2.45) is 23.2 Å². The summed E-state index contributed by atoms with van der Waals surface area (Å²) in [6, 6.07) is 2.04. The average Bonchev–Trinajstić information content (AvgIpc) is 2.42. The fourth-order valence-electron chi connectivity index (χ4n) is 4.92. The van der Waals surface area contributed by atoms with Gasteiger partial charge < -0.3 is 5.32 Å². The van der Waals surface area contributed by atoms with Gasteiger partial charge in [-0.05, 0) is 68.5 Å². The molecule has 21 heavy (non-hydrogen) atoms. The predicted octanol–water partition coefficient (Wildman–Crippen LogP) is 1.61. The lowest BCUT2D eigenvalue weighted by atomic mass is 9.49. The lowest BCUT2D eigenvalue weighted by molar-refractivity contribution is -0.144. The highest BCUT2D eigenvalue weighted by Gasteiger charge is 2.54. The molecule has 5 nitrogen and oxygen atoms in total. The van der Waals surface area contributed by atoms with Crippen LogP contribution in [0.4, 0.5) is 0 Å². The first-order valence-electron chi connectivity index (χ1n) is 7.82. The molecule has 0 aromatic heterocycles. The van der Waals surface area contributed by atoms with Gasteiger partial charge in [-0.25, -0.2) is 5.43 Å². The minimum Gasteiger partial charge on any atom is -0.302 e. The summed E-state index contributed by atoms with van der Waals surface area (Å²) in [4.78, 5) is 12.7. The van der Waals surface area contributed by atoms with Crippen molar-refractivity contribution >= 4 is 23.2 Å². The van der Waals surface area contributed by atoms with Gasteiger partial charge in [0.15, 0.2) is 5.11 Å². The molecule has 4 bridgehead atoms. The number of nitrogens with one attached hydrogen (secondary N) is 3. The fraction of sp³-hybridized carbons (Fsp3) is 0.800. The van der Waals surface area contributed by atoms with Crippen LogP contribution in [-0.4, -0.2) is 17.6 Å². The quantitative estimate of drug-likeness (QED) is 0.418. The average molecular weight is 306 g/mol. The summed E-state index contributed by atoms with van der Waals surface area (Å²) in [5.41, 5.74) is 5.44. The van der Waals surface area contributed by atoms with Gasteiger partial charge in [-0.3, -0.25) is 10.2 Å². The molecule has 4 saturated carbocycles. The van der Waals surface area contributed by atoms with Crippen LogP contribution in [0.25, 0.3) is 0 Å². The molecule has 4 aliphatic rings. The van der Waals surface area contributed by atoms with Crippen molar-refractivity contribution < 1.29 is 4.79 Å². The molecule has 4 aliphatic carbocycles. The molecule has 0 radical (unpaired) electrons. The van der Waals surface area contributed by atoms with Gasteiger partial charge in [0.2, 0.25) is 5.91 Å². The van der Waals surface area contributed by atoms with Crippen LogP contribution in [0.2, 0.25) is 0 Å². The lowest BCUT2D eigenvalue weighted by Gasteiger charge is -2.55. The topological polar surface area (TPSA) is 77.0 Å². The van der Waals surface area contributed by atoms with E-state index in [1.807, 2.05) is 6.07 Å². The zero-order chi connectivity index (χ0) is 14.9. The van der Waals surface area contributed by atoms with Crippen LogP contribution in [-0.2, 0) is 4.79 Å². The molecule has 4 rings (SSSR count). The second-order valence-electron chi connectivity index (χ2n) is 6.94. The molecule has 0 spiro atoms. The third-order valence-electron chi connectivity index (χ3n) is 5.31. The maximum atomic E-state index is 12.7. The molecule has 6 heteroatoms. The Bertz CT molecular complexity index is 449. The molecule has 0 aromatic rings. The van der Waals surface area contributed by atoms with Gasteiger partial charge in [-0.1, -0.05) is 0 Å². The summed E-state index contributed by atoms with van der Waals surface area (Å²) in [6.45, 7) is 0.504. The number of nitrogens with zero attached hydrogens (tertiary/aromatic N) is 1. The first-order chi connectivity index (χ1) is 10.1. The van der Waals surface area contributed by atoms with E-state index in [0.29, 0.717) is 18.1 Å². The van der Waals surface area contributed by atoms with E-state index in [0.717, 1.165) is 37.0 Å². The Balaban J connectivity index is 1.53. The van der Waals surface area contributed by atoms with Crippen molar-refractivity contribution in [2.45, 2.75) is 44.9 Å². The SMILES string of the molecule is N#CCCNNC(=S)NC(=O)C12CC3CC(CC(C3)C1)C2. The highest BCUT2D eigenvalue weighted by atomic mass is 32.1. The van der Waals surface area contributed by atoms with Gasteiger partial charge in [0.05, 0.1) is 11.5 Å². The van der Waals surface area contributed by atoms with Crippen LogP contribution in [0.3, 0.4) is 0 Å². The Morgan fingerprint density at radius 3 is 2.29 bits per heavy atom. The van der Waals surface area contributed by atoms with Crippen LogP contribution in [0.1, 0.15) is 44.9 Å². The van der Waals surface area contributed by atoms with Gasteiger partial charge in [0, 0.05) is 13.0 Å². The number of amides is 1. The van der Waals surface area contributed by atoms with Gasteiger partial charge in [0.25, 0.3) is 0 Å². The smallest absolute Gasteiger partial charge is 0.232 e. The first-order valence-corrected chi connectivity index (χ1v) is 8.23. The molecule has 4 fully saturated rings. The van der Waals surface area contributed by atoms with Crippen molar-refractivity contribution in [1.82, 2.24) is 16.2 Å². The molecular weight excluding hydrogens is 284 g/mol. The number of hydrogen-bond donors (Lipinski definition) is 3. The standard InChI is InChI=1S/C15H22N4OS/c16-2-1-3-17-19-14(21)18-13(20)15-7-10-4-11(8-15)6-12(5-10)9-15/h10-12,17H,1,3-9H2,(H2,18,19,20,21). The van der Waals surface area contributed by atoms with Gasteiger partial charge >= 0.3 is 0 Å². The Morgan fingerprint density at radius 1 is 1.19 bits per heavy atom. The van der Waals surface area contributed by atoms with Crippen molar-refractivity contribution in [3.8, 4) is 6.07 Å². The number of carbonyl (C=O) groups excluding carboxylic acids is 1. The van der Waals surface area contributed by atoms with Gasteiger partial charge in [0.1, 0.15) is 0 Å². The van der Waals surface area contributed by atoms with Crippen molar-refractivity contribution in [3.05, 3.63) is 0 Å². The number of nitriles is 1. The maximum absolute atomic E-state index is 12.7. The van der Waals surface area contributed by atoms with Crippen LogP contribution in [0.5, 0.6) is 0 Å². The van der Waals surface area contributed by atoms with E-state index >= 15 is 0 Å². The molecule has 0 aromatic carbocycles. The summed E-state index contributed by atoms with van der Waals surface area (Å²) < 4.78 is 0. The third kappa shape index (κ3) is 3.04. The minimum absolute atomic E-state index is 0.0983. The molecule has 1 amide bonds. The highest BCUT2D eigenvalue weighted by molar-refractivity contribution is 7.80. The number of hydrogen-bond acceptors (Lipinski definition) is 4. The third-order valence-corrected chi connectivity index (χ3v) is 5.51. The minimum atomic E-state index is -0.173. The monoisotopic (exact) mass is 306 g/mol. The zero-order valence-corrected chi connectivity index (χ0v) is 13.0. The molecule has 114 valence electrons. The summed E-state index contributed by atoms with van der Waals surface area (Å²) >= 11 is 5.15. The molecular formula is C15H22N4OS. The second kappa shape index (κ2) is 5.90. The maximum Gasteiger partial charge on any atom is 0.232 e. The van der Waals surface area contributed by atoms with E-state index in [9.17, 15) is 4.79 Å². The number of hydrazine groups is 1. The summed E-state index contributed by atoms with van der Waals surface area (Å²) in [7, 11) is 0. The summed E-state index contributed by atoms with van der Waals surface area (Å²) in [6.07, 6.45) is 7.49. The molecule has 3 N–H and O–H groups in total. The first kappa shape index (κ1) is 14.7. The number of carbonyl (C=O) groups is 1. The van der Waals surface area contributed by atoms with Crippen LogP contribution < -0.4 is 16.2 Å². The molecule has 0 unspecified atom stereocenters.